The van der Waals surface area contributed by atoms with E-state index < -0.39 is 23.4 Å². The number of rotatable bonds is 0. The topological polar surface area (TPSA) is 46.3 Å². The third kappa shape index (κ3) is 1.28. The molecule has 0 saturated heterocycles. The fourth-order valence-corrected chi connectivity index (χ4v) is 0.591. The van der Waals surface area contributed by atoms with Gasteiger partial charge in [-0.05, 0) is 6.92 Å². The molecule has 0 aromatic carbocycles. The van der Waals surface area contributed by atoms with Gasteiger partial charge in [0.05, 0.1) is 5.56 Å². The molecule has 0 aliphatic carbocycles. The van der Waals surface area contributed by atoms with Crippen molar-refractivity contribution < 1.29 is 22.8 Å². The second-order valence-corrected chi connectivity index (χ2v) is 1.96. The number of hydrogen-bond acceptors (Lipinski definition) is 3. The summed E-state index contributed by atoms with van der Waals surface area (Å²) in [5, 5.41) is 11.2. The molecule has 1 rings (SSSR count). The number of hydrogen-bond donors (Lipinski definition) is 1. The molecule has 0 fully saturated rings. The van der Waals surface area contributed by atoms with Gasteiger partial charge in [0, 0.05) is 0 Å². The van der Waals surface area contributed by atoms with Crippen molar-refractivity contribution in [2.75, 3.05) is 0 Å². The standard InChI is InChI=1S/C5H4F3NO2/c1-2-3(5(6,7)8)9-11-4(2)10/h10H,1H3. The molecule has 0 atom stereocenters. The Morgan fingerprint density at radius 2 is 2.00 bits per heavy atom. The quantitative estimate of drug-likeness (QED) is 0.639. The molecule has 0 aliphatic rings. The number of alkyl halides is 3. The Hall–Kier alpha value is -1.20. The minimum absolute atomic E-state index is 0.391. The van der Waals surface area contributed by atoms with Crippen LogP contribution < -0.4 is 0 Å². The highest BCUT2D eigenvalue weighted by atomic mass is 19.4. The smallest absolute Gasteiger partial charge is 0.437 e. The second kappa shape index (κ2) is 2.14. The van der Waals surface area contributed by atoms with E-state index in [0.717, 1.165) is 6.92 Å². The maximum Gasteiger partial charge on any atom is 0.437 e. The summed E-state index contributed by atoms with van der Waals surface area (Å²) in [4.78, 5) is 0. The zero-order valence-corrected chi connectivity index (χ0v) is 5.44. The molecule has 0 spiro atoms. The first-order chi connectivity index (χ1) is 4.93. The number of nitrogens with zero attached hydrogens (tertiary/aromatic N) is 1. The van der Waals surface area contributed by atoms with Crippen molar-refractivity contribution in [1.29, 1.82) is 0 Å². The van der Waals surface area contributed by atoms with Gasteiger partial charge in [-0.1, -0.05) is 5.16 Å². The molecule has 0 bridgehead atoms. The first-order valence-electron chi connectivity index (χ1n) is 2.65. The van der Waals surface area contributed by atoms with E-state index in [-0.39, 0.29) is 0 Å². The first-order valence-corrected chi connectivity index (χ1v) is 2.65. The predicted octanol–water partition coefficient (Wildman–Crippen LogP) is 1.71. The van der Waals surface area contributed by atoms with Gasteiger partial charge in [-0.2, -0.15) is 13.2 Å². The first kappa shape index (κ1) is 7.90. The summed E-state index contributed by atoms with van der Waals surface area (Å²) in [6, 6.07) is 0. The molecule has 1 aromatic heterocycles. The highest BCUT2D eigenvalue weighted by molar-refractivity contribution is 5.26. The lowest BCUT2D eigenvalue weighted by atomic mass is 10.3. The average molecular weight is 167 g/mol. The summed E-state index contributed by atoms with van der Waals surface area (Å²) in [6.45, 7) is 1.08. The lowest BCUT2D eigenvalue weighted by Crippen LogP contribution is -2.06. The fraction of sp³-hybridized carbons (Fsp3) is 0.400. The Morgan fingerprint density at radius 1 is 1.45 bits per heavy atom. The van der Waals surface area contributed by atoms with Crippen molar-refractivity contribution in [3.05, 3.63) is 11.3 Å². The van der Waals surface area contributed by atoms with Gasteiger partial charge in [-0.15, -0.1) is 0 Å². The molecule has 0 saturated carbocycles. The van der Waals surface area contributed by atoms with Crippen molar-refractivity contribution in [3.8, 4) is 5.95 Å². The minimum atomic E-state index is -4.56. The lowest BCUT2D eigenvalue weighted by Gasteiger charge is -1.99. The van der Waals surface area contributed by atoms with E-state index in [0.29, 0.717) is 0 Å². The summed E-state index contributed by atoms with van der Waals surface area (Å²) < 4.78 is 39.4. The van der Waals surface area contributed by atoms with E-state index >= 15 is 0 Å². The molecule has 0 amide bonds. The van der Waals surface area contributed by atoms with Gasteiger partial charge in [-0.3, -0.25) is 0 Å². The molecular formula is C5H4F3NO2. The van der Waals surface area contributed by atoms with Gasteiger partial charge < -0.3 is 9.63 Å². The van der Waals surface area contributed by atoms with Crippen LogP contribution in [-0.4, -0.2) is 10.3 Å². The third-order valence-electron chi connectivity index (χ3n) is 1.17. The van der Waals surface area contributed by atoms with Crippen LogP contribution in [0.2, 0.25) is 0 Å². The van der Waals surface area contributed by atoms with E-state index in [4.69, 9.17) is 5.11 Å². The zero-order valence-electron chi connectivity index (χ0n) is 5.44. The van der Waals surface area contributed by atoms with Crippen molar-refractivity contribution in [1.82, 2.24) is 5.16 Å². The van der Waals surface area contributed by atoms with Crippen LogP contribution in [0.15, 0.2) is 4.52 Å². The van der Waals surface area contributed by atoms with Gasteiger partial charge in [0.25, 0.3) is 0 Å². The van der Waals surface area contributed by atoms with Gasteiger partial charge in [-0.25, -0.2) is 0 Å². The normalized spacial score (nSPS) is 12.0. The van der Waals surface area contributed by atoms with Crippen molar-refractivity contribution >= 4 is 0 Å². The van der Waals surface area contributed by atoms with Crippen LogP contribution in [0, 0.1) is 6.92 Å². The Balaban J connectivity index is 3.15. The van der Waals surface area contributed by atoms with Crippen LogP contribution in [0.25, 0.3) is 0 Å². The maximum absolute atomic E-state index is 11.8. The third-order valence-corrected chi connectivity index (χ3v) is 1.17. The Labute approximate surface area is 59.4 Å². The summed E-state index contributed by atoms with van der Waals surface area (Å²) in [5.41, 5.74) is -1.58. The Kier molecular flexibility index (Phi) is 1.54. The van der Waals surface area contributed by atoms with Gasteiger partial charge >= 0.3 is 12.1 Å². The molecule has 62 valence electrons. The van der Waals surface area contributed by atoms with Crippen LogP contribution in [0.1, 0.15) is 11.3 Å². The van der Waals surface area contributed by atoms with Gasteiger partial charge in [0.2, 0.25) is 0 Å². The second-order valence-electron chi connectivity index (χ2n) is 1.96. The molecule has 0 unspecified atom stereocenters. The summed E-state index contributed by atoms with van der Waals surface area (Å²) >= 11 is 0. The SMILES string of the molecule is Cc1c(C(F)(F)F)noc1O. The minimum Gasteiger partial charge on any atom is -0.479 e. The largest absolute Gasteiger partial charge is 0.479 e. The number of halogens is 3. The molecule has 0 aliphatic heterocycles. The van der Waals surface area contributed by atoms with Gasteiger partial charge in [0.15, 0.2) is 5.69 Å². The highest BCUT2D eigenvalue weighted by Crippen LogP contribution is 2.33. The lowest BCUT2D eigenvalue weighted by molar-refractivity contribution is -0.143. The van der Waals surface area contributed by atoms with Crippen LogP contribution in [-0.2, 0) is 6.18 Å². The van der Waals surface area contributed by atoms with Crippen LogP contribution in [0.3, 0.4) is 0 Å². The van der Waals surface area contributed by atoms with Crippen LogP contribution in [0.4, 0.5) is 13.2 Å². The Bertz CT molecular complexity index is 265. The van der Waals surface area contributed by atoms with Crippen LogP contribution in [0.5, 0.6) is 5.95 Å². The molecule has 6 heteroatoms. The Morgan fingerprint density at radius 3 is 2.18 bits per heavy atom. The van der Waals surface area contributed by atoms with Crippen molar-refractivity contribution in [2.24, 2.45) is 0 Å². The molecule has 1 aromatic rings. The van der Waals surface area contributed by atoms with E-state index in [1.807, 2.05) is 0 Å². The van der Waals surface area contributed by atoms with Crippen molar-refractivity contribution in [3.63, 3.8) is 0 Å². The molecule has 1 N–H and O–H groups in total. The van der Waals surface area contributed by atoms with Crippen LogP contribution >= 0.6 is 0 Å². The van der Waals surface area contributed by atoms with Gasteiger partial charge in [0.1, 0.15) is 0 Å². The highest BCUT2D eigenvalue weighted by Gasteiger charge is 2.37. The molecule has 3 nitrogen and oxygen atoms in total. The number of aromatic hydroxyl groups is 1. The summed E-state index contributed by atoms with van der Waals surface area (Å²) in [5.74, 6) is -0.794. The van der Waals surface area contributed by atoms with E-state index in [1.165, 1.54) is 0 Å². The monoisotopic (exact) mass is 167 g/mol. The molecule has 11 heavy (non-hydrogen) atoms. The average Bonchev–Trinajstić information content (AvgIpc) is 2.11. The van der Waals surface area contributed by atoms with E-state index in [9.17, 15) is 13.2 Å². The van der Waals surface area contributed by atoms with Crippen molar-refractivity contribution in [2.45, 2.75) is 13.1 Å². The molecule has 0 radical (unpaired) electrons. The fourth-order valence-electron chi connectivity index (χ4n) is 0.591. The summed E-state index contributed by atoms with van der Waals surface area (Å²) in [6.07, 6.45) is -4.56. The van der Waals surface area contributed by atoms with E-state index in [2.05, 4.69) is 9.68 Å². The number of aromatic nitrogens is 1. The van der Waals surface area contributed by atoms with E-state index in [1.54, 1.807) is 0 Å². The molecular weight excluding hydrogens is 163 g/mol. The summed E-state index contributed by atoms with van der Waals surface area (Å²) in [7, 11) is 0. The maximum atomic E-state index is 11.8. The zero-order chi connectivity index (χ0) is 8.65. The predicted molar refractivity (Wildman–Crippen MR) is 27.9 cm³/mol. The molecule has 1 heterocycles.